The van der Waals surface area contributed by atoms with E-state index in [2.05, 4.69) is 20.8 Å². The summed E-state index contributed by atoms with van der Waals surface area (Å²) in [6.45, 7) is 0.311. The van der Waals surface area contributed by atoms with Crippen LogP contribution in [-0.2, 0) is 4.79 Å². The van der Waals surface area contributed by atoms with Crippen molar-refractivity contribution in [2.45, 2.75) is 50.5 Å². The van der Waals surface area contributed by atoms with Gasteiger partial charge in [0.05, 0.1) is 6.54 Å². The van der Waals surface area contributed by atoms with Crippen LogP contribution in [0.5, 0.6) is 0 Å². The number of nitrogens with one attached hydrogen (secondary N) is 2. The first-order valence-electron chi connectivity index (χ1n) is 6.68. The molecule has 0 saturated heterocycles. The molecule has 0 unspecified atom stereocenters. The van der Waals surface area contributed by atoms with Crippen molar-refractivity contribution in [3.63, 3.8) is 0 Å². The number of aromatic nitrogens is 2. The van der Waals surface area contributed by atoms with E-state index in [-0.39, 0.29) is 11.9 Å². The van der Waals surface area contributed by atoms with Crippen LogP contribution in [0.3, 0.4) is 0 Å². The summed E-state index contributed by atoms with van der Waals surface area (Å²) in [5.74, 6) is 0.946. The van der Waals surface area contributed by atoms with Crippen molar-refractivity contribution in [3.8, 4) is 0 Å². The van der Waals surface area contributed by atoms with Crippen molar-refractivity contribution in [1.82, 2.24) is 15.5 Å². The molecule has 2 N–H and O–H groups in total. The predicted molar refractivity (Wildman–Crippen MR) is 65.2 cm³/mol. The average molecular weight is 250 g/mol. The lowest BCUT2D eigenvalue weighted by molar-refractivity contribution is -0.115. The Morgan fingerprint density at radius 1 is 1.22 bits per heavy atom. The lowest BCUT2D eigenvalue weighted by Crippen LogP contribution is -2.34. The summed E-state index contributed by atoms with van der Waals surface area (Å²) in [5.41, 5.74) is 0. The molecule has 2 aliphatic rings. The Kier molecular flexibility index (Phi) is 3.27. The highest BCUT2D eigenvalue weighted by atomic mass is 16.4. The largest absolute Gasteiger partial charge is 0.408 e. The third-order valence-electron chi connectivity index (χ3n) is 3.52. The highest BCUT2D eigenvalue weighted by molar-refractivity contribution is 5.90. The van der Waals surface area contributed by atoms with Gasteiger partial charge in [-0.25, -0.2) is 0 Å². The zero-order valence-corrected chi connectivity index (χ0v) is 10.3. The Bertz CT molecular complexity index is 421. The Morgan fingerprint density at radius 2 is 2.00 bits per heavy atom. The zero-order valence-electron chi connectivity index (χ0n) is 10.3. The SMILES string of the molecule is O=C(CNC1CCCC1)Nc1nnc(C2CC2)o1. The van der Waals surface area contributed by atoms with Crippen molar-refractivity contribution in [3.05, 3.63) is 5.89 Å². The van der Waals surface area contributed by atoms with Gasteiger partial charge in [0.25, 0.3) is 0 Å². The molecule has 98 valence electrons. The van der Waals surface area contributed by atoms with Crippen molar-refractivity contribution < 1.29 is 9.21 Å². The topological polar surface area (TPSA) is 80.0 Å². The van der Waals surface area contributed by atoms with Gasteiger partial charge < -0.3 is 9.73 Å². The molecule has 1 aromatic heterocycles. The molecule has 6 nitrogen and oxygen atoms in total. The van der Waals surface area contributed by atoms with Gasteiger partial charge >= 0.3 is 6.01 Å². The van der Waals surface area contributed by atoms with Crippen molar-refractivity contribution >= 4 is 11.9 Å². The smallest absolute Gasteiger partial charge is 0.322 e. The van der Waals surface area contributed by atoms with Gasteiger partial charge in [-0.05, 0) is 25.7 Å². The van der Waals surface area contributed by atoms with Gasteiger partial charge in [0.2, 0.25) is 11.8 Å². The molecule has 2 saturated carbocycles. The van der Waals surface area contributed by atoms with Crippen LogP contribution < -0.4 is 10.6 Å². The second-order valence-corrected chi connectivity index (χ2v) is 5.13. The standard InChI is InChI=1S/C12H18N4O2/c17-10(7-13-9-3-1-2-4-9)14-12-16-15-11(18-12)8-5-6-8/h8-9,13H,1-7H2,(H,14,16,17). The molecular formula is C12H18N4O2. The average Bonchev–Trinajstić information content (AvgIpc) is 2.90. The van der Waals surface area contributed by atoms with E-state index < -0.39 is 0 Å². The lowest BCUT2D eigenvalue weighted by Gasteiger charge is -2.10. The number of anilines is 1. The van der Waals surface area contributed by atoms with Gasteiger partial charge in [0.15, 0.2) is 0 Å². The summed E-state index contributed by atoms with van der Waals surface area (Å²) in [4.78, 5) is 11.7. The van der Waals surface area contributed by atoms with E-state index in [0.717, 1.165) is 12.8 Å². The molecule has 18 heavy (non-hydrogen) atoms. The Hall–Kier alpha value is -1.43. The van der Waals surface area contributed by atoms with Crippen LogP contribution in [0.4, 0.5) is 6.01 Å². The monoisotopic (exact) mass is 250 g/mol. The van der Waals surface area contributed by atoms with E-state index in [1.807, 2.05) is 0 Å². The maximum atomic E-state index is 11.7. The summed E-state index contributed by atoms with van der Waals surface area (Å²) in [5, 5.41) is 13.6. The Balaban J connectivity index is 1.44. The molecule has 0 spiro atoms. The molecule has 0 bridgehead atoms. The summed E-state index contributed by atoms with van der Waals surface area (Å²) in [7, 11) is 0. The van der Waals surface area contributed by atoms with E-state index in [4.69, 9.17) is 4.42 Å². The fourth-order valence-electron chi connectivity index (χ4n) is 2.31. The molecule has 3 rings (SSSR count). The van der Waals surface area contributed by atoms with Gasteiger partial charge in [0.1, 0.15) is 0 Å². The lowest BCUT2D eigenvalue weighted by atomic mass is 10.2. The van der Waals surface area contributed by atoms with Crippen molar-refractivity contribution in [2.75, 3.05) is 11.9 Å². The molecular weight excluding hydrogens is 232 g/mol. The normalized spacial score (nSPS) is 20.2. The van der Waals surface area contributed by atoms with Crippen LogP contribution in [0, 0.1) is 0 Å². The molecule has 1 amide bonds. The number of amides is 1. The minimum atomic E-state index is -0.118. The minimum absolute atomic E-state index is 0.118. The number of nitrogens with zero attached hydrogens (tertiary/aromatic N) is 2. The fourth-order valence-corrected chi connectivity index (χ4v) is 2.31. The molecule has 1 aromatic rings. The molecule has 0 atom stereocenters. The fraction of sp³-hybridized carbons (Fsp3) is 0.750. The molecule has 0 radical (unpaired) electrons. The highest BCUT2D eigenvalue weighted by Gasteiger charge is 2.29. The number of carbonyl (C=O) groups excluding carboxylic acids is 1. The highest BCUT2D eigenvalue weighted by Crippen LogP contribution is 2.39. The molecule has 1 heterocycles. The van der Waals surface area contributed by atoms with E-state index in [0.29, 0.717) is 24.4 Å². The first-order chi connectivity index (χ1) is 8.81. The summed E-state index contributed by atoms with van der Waals surface area (Å²) in [6, 6.07) is 0.704. The van der Waals surface area contributed by atoms with E-state index in [1.54, 1.807) is 0 Å². The summed E-state index contributed by atoms with van der Waals surface area (Å²) < 4.78 is 5.37. The van der Waals surface area contributed by atoms with Crippen molar-refractivity contribution in [2.24, 2.45) is 0 Å². The van der Waals surface area contributed by atoms with Gasteiger partial charge in [-0.15, -0.1) is 5.10 Å². The number of hydrogen-bond acceptors (Lipinski definition) is 5. The van der Waals surface area contributed by atoms with Crippen LogP contribution >= 0.6 is 0 Å². The number of rotatable bonds is 5. The van der Waals surface area contributed by atoms with E-state index in [1.165, 1.54) is 25.7 Å². The van der Waals surface area contributed by atoms with Gasteiger partial charge in [-0.2, -0.15) is 0 Å². The van der Waals surface area contributed by atoms with Gasteiger partial charge in [-0.3, -0.25) is 10.1 Å². The van der Waals surface area contributed by atoms with Crippen LogP contribution in [0.25, 0.3) is 0 Å². The molecule has 0 aromatic carbocycles. The van der Waals surface area contributed by atoms with Crippen molar-refractivity contribution in [1.29, 1.82) is 0 Å². The Morgan fingerprint density at radius 3 is 2.72 bits per heavy atom. The van der Waals surface area contributed by atoms with Crippen LogP contribution in [0.15, 0.2) is 4.42 Å². The molecule has 2 aliphatic carbocycles. The third-order valence-corrected chi connectivity index (χ3v) is 3.52. The quantitative estimate of drug-likeness (QED) is 0.826. The second-order valence-electron chi connectivity index (χ2n) is 5.13. The third kappa shape index (κ3) is 2.87. The maximum Gasteiger partial charge on any atom is 0.322 e. The number of carbonyl (C=O) groups is 1. The van der Waals surface area contributed by atoms with Crippen LogP contribution in [0.1, 0.15) is 50.3 Å². The van der Waals surface area contributed by atoms with Crippen LogP contribution in [0.2, 0.25) is 0 Å². The molecule has 6 heteroatoms. The van der Waals surface area contributed by atoms with Gasteiger partial charge in [-0.1, -0.05) is 17.9 Å². The second kappa shape index (κ2) is 5.06. The summed E-state index contributed by atoms with van der Waals surface area (Å²) in [6.07, 6.45) is 7.07. The minimum Gasteiger partial charge on any atom is -0.408 e. The first-order valence-corrected chi connectivity index (χ1v) is 6.68. The maximum absolute atomic E-state index is 11.7. The van der Waals surface area contributed by atoms with Gasteiger partial charge in [0, 0.05) is 12.0 Å². The Labute approximate surface area is 106 Å². The molecule has 2 fully saturated rings. The zero-order chi connectivity index (χ0) is 12.4. The predicted octanol–water partition coefficient (Wildman–Crippen LogP) is 1.42. The number of hydrogen-bond donors (Lipinski definition) is 2. The van der Waals surface area contributed by atoms with E-state index >= 15 is 0 Å². The first kappa shape index (κ1) is 11.6. The van der Waals surface area contributed by atoms with Crippen LogP contribution in [-0.4, -0.2) is 28.7 Å². The summed E-state index contributed by atoms with van der Waals surface area (Å²) >= 11 is 0. The molecule has 0 aliphatic heterocycles. The van der Waals surface area contributed by atoms with E-state index in [9.17, 15) is 4.79 Å².